The predicted octanol–water partition coefficient (Wildman–Crippen LogP) is 3.75. The molecule has 4 N–H and O–H groups in total. The van der Waals surface area contributed by atoms with E-state index in [4.69, 9.17) is 0 Å². The Bertz CT molecular complexity index is 1520. The molecule has 0 atom stereocenters. The van der Waals surface area contributed by atoms with Crippen LogP contribution in [0.1, 0.15) is 29.8 Å². The molecule has 0 spiro atoms. The molecule has 1 amide bonds. The molecule has 1 heterocycles. The maximum atomic E-state index is 13.1. The van der Waals surface area contributed by atoms with Crippen molar-refractivity contribution in [3.05, 3.63) is 88.3 Å². The van der Waals surface area contributed by atoms with Crippen LogP contribution < -0.4 is 15.7 Å². The monoisotopic (exact) mass is 493 g/mol. The van der Waals surface area contributed by atoms with Crippen LogP contribution in [0.25, 0.3) is 11.0 Å². The molecule has 35 heavy (non-hydrogen) atoms. The minimum atomic E-state index is -4.02. The molecule has 4 aromatic rings. The molecule has 3 aromatic carbocycles. The highest BCUT2D eigenvalue weighted by atomic mass is 32.2. The number of carbonyl (C=O) groups is 1. The van der Waals surface area contributed by atoms with E-state index in [9.17, 15) is 18.0 Å². The van der Waals surface area contributed by atoms with Crippen LogP contribution in [0.4, 0.5) is 11.4 Å². The van der Waals surface area contributed by atoms with Gasteiger partial charge in [0.05, 0.1) is 27.2 Å². The molecule has 0 aliphatic heterocycles. The van der Waals surface area contributed by atoms with E-state index in [1.165, 1.54) is 24.3 Å². The van der Waals surface area contributed by atoms with Crippen molar-refractivity contribution >= 4 is 38.3 Å². The van der Waals surface area contributed by atoms with Crippen molar-refractivity contribution in [2.45, 2.75) is 25.3 Å². The molecular weight excluding hydrogens is 466 g/mol. The van der Waals surface area contributed by atoms with Gasteiger partial charge in [-0.3, -0.25) is 14.4 Å². The molecule has 0 unspecified atom stereocenters. The van der Waals surface area contributed by atoms with Gasteiger partial charge in [0.25, 0.3) is 15.9 Å². The van der Waals surface area contributed by atoms with Crippen LogP contribution in [-0.4, -0.2) is 42.3 Å². The molecule has 0 saturated carbocycles. The number of hydrogen-bond donors (Lipinski definition) is 4. The predicted molar refractivity (Wildman–Crippen MR) is 137 cm³/mol. The molecule has 0 aliphatic carbocycles. The zero-order chi connectivity index (χ0) is 25.0. The average molecular weight is 494 g/mol. The van der Waals surface area contributed by atoms with Gasteiger partial charge in [0.2, 0.25) is 0 Å². The van der Waals surface area contributed by atoms with Crippen LogP contribution in [-0.2, 0) is 16.6 Å². The summed E-state index contributed by atoms with van der Waals surface area (Å²) in [7, 11) is -4.02. The highest BCUT2D eigenvalue weighted by Gasteiger charge is 2.20. The lowest BCUT2D eigenvalue weighted by molar-refractivity contribution is 0.102. The summed E-state index contributed by atoms with van der Waals surface area (Å²) in [4.78, 5) is 31.9. The summed E-state index contributed by atoms with van der Waals surface area (Å²) < 4.78 is 28.6. The number of imidazole rings is 1. The van der Waals surface area contributed by atoms with E-state index in [1.807, 2.05) is 18.2 Å². The third kappa shape index (κ3) is 5.61. The van der Waals surface area contributed by atoms with Gasteiger partial charge >= 0.3 is 5.69 Å². The summed E-state index contributed by atoms with van der Waals surface area (Å²) >= 11 is 0. The zero-order valence-electron chi connectivity index (χ0n) is 19.5. The second-order valence-corrected chi connectivity index (χ2v) is 9.74. The second kappa shape index (κ2) is 10.2. The fourth-order valence-electron chi connectivity index (χ4n) is 3.80. The third-order valence-corrected chi connectivity index (χ3v) is 7.06. The lowest BCUT2D eigenvalue weighted by Crippen LogP contribution is -2.22. The van der Waals surface area contributed by atoms with Gasteiger partial charge < -0.3 is 15.3 Å². The van der Waals surface area contributed by atoms with E-state index < -0.39 is 21.6 Å². The van der Waals surface area contributed by atoms with Gasteiger partial charge in [-0.25, -0.2) is 13.2 Å². The van der Waals surface area contributed by atoms with Gasteiger partial charge in [0, 0.05) is 12.2 Å². The van der Waals surface area contributed by atoms with Gasteiger partial charge in [-0.15, -0.1) is 0 Å². The van der Waals surface area contributed by atoms with Crippen molar-refractivity contribution in [2.24, 2.45) is 0 Å². The number of amides is 1. The maximum absolute atomic E-state index is 13.1. The lowest BCUT2D eigenvalue weighted by atomic mass is 10.1. The van der Waals surface area contributed by atoms with Crippen molar-refractivity contribution in [3.63, 3.8) is 0 Å². The number of sulfonamides is 1. The lowest BCUT2D eigenvalue weighted by Gasteiger charge is -2.18. The topological polar surface area (TPSA) is 127 Å². The number of hydrogen-bond acceptors (Lipinski definition) is 5. The van der Waals surface area contributed by atoms with Crippen LogP contribution in [0.5, 0.6) is 0 Å². The smallest absolute Gasteiger partial charge is 0.322 e. The van der Waals surface area contributed by atoms with Crippen molar-refractivity contribution in [1.82, 2.24) is 14.9 Å². The van der Waals surface area contributed by atoms with E-state index in [-0.39, 0.29) is 16.1 Å². The first-order chi connectivity index (χ1) is 16.8. The third-order valence-electron chi connectivity index (χ3n) is 5.70. The van der Waals surface area contributed by atoms with Crippen molar-refractivity contribution in [2.75, 3.05) is 23.1 Å². The summed E-state index contributed by atoms with van der Waals surface area (Å²) in [6.07, 6.45) is 0. The van der Waals surface area contributed by atoms with Crippen molar-refractivity contribution in [1.29, 1.82) is 0 Å². The Morgan fingerprint density at radius 2 is 1.66 bits per heavy atom. The summed E-state index contributed by atoms with van der Waals surface area (Å²) in [5, 5.41) is 2.86. The molecule has 0 aliphatic rings. The quantitative estimate of drug-likeness (QED) is 0.282. The molecule has 0 radical (unpaired) electrons. The molecule has 0 fully saturated rings. The van der Waals surface area contributed by atoms with Crippen LogP contribution in [0.3, 0.4) is 0 Å². The number of benzene rings is 3. The van der Waals surface area contributed by atoms with Gasteiger partial charge in [0.15, 0.2) is 0 Å². The normalized spacial score (nSPS) is 11.6. The first kappa shape index (κ1) is 24.2. The number of anilines is 2. The van der Waals surface area contributed by atoms with Gasteiger partial charge in [-0.2, -0.15) is 0 Å². The van der Waals surface area contributed by atoms with Crippen molar-refractivity contribution < 1.29 is 13.2 Å². The average Bonchev–Trinajstić information content (AvgIpc) is 3.22. The van der Waals surface area contributed by atoms with Gasteiger partial charge in [-0.05, 0) is 61.1 Å². The highest BCUT2D eigenvalue weighted by Crippen LogP contribution is 2.23. The van der Waals surface area contributed by atoms with Crippen molar-refractivity contribution in [3.8, 4) is 0 Å². The fraction of sp³-hybridized carbons (Fsp3) is 0.200. The van der Waals surface area contributed by atoms with Crippen LogP contribution in [0.2, 0.25) is 0 Å². The van der Waals surface area contributed by atoms with E-state index in [2.05, 4.69) is 38.8 Å². The highest BCUT2D eigenvalue weighted by molar-refractivity contribution is 7.92. The SMILES string of the molecule is CCN(CC)Cc1cccc(NC(=O)c2ccccc2NS(=O)(=O)c2ccc3[nH]c(=O)[nH]c3c2)c1. The zero-order valence-corrected chi connectivity index (χ0v) is 20.3. The Hall–Kier alpha value is -3.89. The van der Waals surface area contributed by atoms with E-state index in [0.717, 1.165) is 25.2 Å². The Balaban J connectivity index is 1.56. The molecule has 4 rings (SSSR count). The Labute approximate surface area is 203 Å². The fourth-order valence-corrected chi connectivity index (χ4v) is 4.91. The minimum Gasteiger partial charge on any atom is -0.322 e. The number of para-hydroxylation sites is 1. The van der Waals surface area contributed by atoms with Gasteiger partial charge in [-0.1, -0.05) is 38.1 Å². The number of rotatable bonds is 9. The number of nitrogens with zero attached hydrogens (tertiary/aromatic N) is 1. The first-order valence-electron chi connectivity index (χ1n) is 11.3. The standard InChI is InChI=1S/C25H27N5O4S/c1-3-30(4-2)16-17-8-7-9-18(14-17)26-24(31)20-10-5-6-11-21(20)29-35(33,34)19-12-13-22-23(15-19)28-25(32)27-22/h5-15,29H,3-4,16H2,1-2H3,(H,26,31)(H2,27,28,32). The Kier molecular flexibility index (Phi) is 7.04. The number of fused-ring (bicyclic) bond motifs is 1. The van der Waals surface area contributed by atoms with Crippen LogP contribution >= 0.6 is 0 Å². The first-order valence-corrected chi connectivity index (χ1v) is 12.7. The minimum absolute atomic E-state index is 0.0421. The molecular formula is C25H27N5O4S. The molecule has 0 bridgehead atoms. The van der Waals surface area contributed by atoms with Crippen LogP contribution in [0, 0.1) is 0 Å². The number of aromatic nitrogens is 2. The van der Waals surface area contributed by atoms with E-state index in [0.29, 0.717) is 16.7 Å². The largest absolute Gasteiger partial charge is 0.323 e. The van der Waals surface area contributed by atoms with Gasteiger partial charge in [0.1, 0.15) is 0 Å². The summed E-state index contributed by atoms with van der Waals surface area (Å²) in [5.74, 6) is -0.436. The molecule has 9 nitrogen and oxygen atoms in total. The van der Waals surface area contributed by atoms with E-state index in [1.54, 1.807) is 24.3 Å². The molecule has 10 heteroatoms. The summed E-state index contributed by atoms with van der Waals surface area (Å²) in [6, 6.07) is 18.2. The maximum Gasteiger partial charge on any atom is 0.323 e. The molecule has 1 aromatic heterocycles. The number of nitrogens with one attached hydrogen (secondary N) is 4. The van der Waals surface area contributed by atoms with Crippen LogP contribution in [0.15, 0.2) is 76.4 Å². The van der Waals surface area contributed by atoms with E-state index >= 15 is 0 Å². The number of aromatic amines is 2. The molecule has 0 saturated heterocycles. The Morgan fingerprint density at radius 3 is 2.43 bits per heavy atom. The number of carbonyl (C=O) groups excluding carboxylic acids is 1. The number of H-pyrrole nitrogens is 2. The molecule has 182 valence electrons. The Morgan fingerprint density at radius 1 is 0.914 bits per heavy atom. The summed E-state index contributed by atoms with van der Waals surface area (Å²) in [6.45, 7) is 6.82. The second-order valence-electron chi connectivity index (χ2n) is 8.05. The summed E-state index contributed by atoms with van der Waals surface area (Å²) in [5.41, 5.74) is 2.46.